The molecule has 0 saturated carbocycles. The summed E-state index contributed by atoms with van der Waals surface area (Å²) in [4.78, 5) is 14.6. The van der Waals surface area contributed by atoms with Crippen molar-refractivity contribution in [2.75, 3.05) is 18.6 Å². The van der Waals surface area contributed by atoms with Crippen LogP contribution in [0.4, 0.5) is 5.69 Å². The van der Waals surface area contributed by atoms with Crippen LogP contribution in [0.5, 0.6) is 5.75 Å². The number of hydrogen-bond donors (Lipinski definition) is 1. The molecule has 0 fully saturated rings. The molecule has 152 valence electrons. The quantitative estimate of drug-likeness (QED) is 0.495. The van der Waals surface area contributed by atoms with E-state index in [1.165, 1.54) is 5.57 Å². The van der Waals surface area contributed by atoms with Gasteiger partial charge in [0, 0.05) is 39.5 Å². The third-order valence-corrected chi connectivity index (χ3v) is 5.60. The van der Waals surface area contributed by atoms with Gasteiger partial charge in [-0.05, 0) is 57.5 Å². The third kappa shape index (κ3) is 4.37. The largest absolute Gasteiger partial charge is 0.496 e. The van der Waals surface area contributed by atoms with E-state index in [0.717, 1.165) is 27.8 Å². The van der Waals surface area contributed by atoms with E-state index < -0.39 is 0 Å². The van der Waals surface area contributed by atoms with Crippen molar-refractivity contribution in [1.29, 1.82) is 0 Å². The first-order valence-electron chi connectivity index (χ1n) is 9.55. The molecule has 3 rings (SSSR count). The highest BCUT2D eigenvalue weighted by Gasteiger charge is 2.31. The Labute approximate surface area is 180 Å². The normalized spacial score (nSPS) is 15.1. The maximum absolute atomic E-state index is 12.3. The van der Waals surface area contributed by atoms with Gasteiger partial charge in [-0.3, -0.25) is 4.79 Å². The number of carbonyl (C=O) groups excluding carboxylic acids is 1. The fraction of sp³-hybridized carbons (Fsp3) is 0.304. The molecule has 1 heterocycles. The molecule has 29 heavy (non-hydrogen) atoms. The number of benzene rings is 2. The molecule has 0 atom stereocenters. The Morgan fingerprint density at radius 1 is 1.31 bits per heavy atom. The number of amides is 1. The number of fused-ring (bicyclic) bond motifs is 1. The zero-order valence-electron chi connectivity index (χ0n) is 17.4. The molecule has 0 aromatic heterocycles. The highest BCUT2D eigenvalue weighted by molar-refractivity contribution is 9.10. The predicted octanol–water partition coefficient (Wildman–Crippen LogP) is 5.24. The number of hydrogen-bond acceptors (Lipinski definition) is 4. The summed E-state index contributed by atoms with van der Waals surface area (Å²) in [5.41, 5.74) is 7.36. The van der Waals surface area contributed by atoms with Crippen molar-refractivity contribution in [3.8, 4) is 5.75 Å². The number of likely N-dealkylation sites (N-methyl/N-ethyl adjacent to an activating group) is 1. The minimum atomic E-state index is -0.269. The van der Waals surface area contributed by atoms with Crippen molar-refractivity contribution in [1.82, 2.24) is 5.43 Å². The molecule has 0 saturated heterocycles. The summed E-state index contributed by atoms with van der Waals surface area (Å²) in [6.45, 7) is 9.59. The number of ether oxygens (including phenoxy) is 1. The molecular formula is C23H26BrN3O2. The monoisotopic (exact) mass is 455 g/mol. The zero-order valence-corrected chi connectivity index (χ0v) is 19.0. The second-order valence-electron chi connectivity index (χ2n) is 7.55. The van der Waals surface area contributed by atoms with Gasteiger partial charge in [-0.15, -0.1) is 0 Å². The van der Waals surface area contributed by atoms with Crippen LogP contribution in [-0.2, 0) is 0 Å². The Kier molecular flexibility index (Phi) is 6.13. The van der Waals surface area contributed by atoms with Crippen molar-refractivity contribution in [2.24, 2.45) is 5.10 Å². The first-order valence-corrected chi connectivity index (χ1v) is 10.3. The van der Waals surface area contributed by atoms with Crippen LogP contribution in [0.2, 0.25) is 0 Å². The smallest absolute Gasteiger partial charge is 0.271 e. The fourth-order valence-electron chi connectivity index (χ4n) is 3.83. The molecule has 0 bridgehead atoms. The van der Waals surface area contributed by atoms with Crippen LogP contribution in [0.15, 0.2) is 52.0 Å². The lowest BCUT2D eigenvalue weighted by Crippen LogP contribution is -2.44. The molecule has 1 amide bonds. The molecule has 1 aliphatic heterocycles. The number of halogens is 1. The number of hydrazone groups is 1. The van der Waals surface area contributed by atoms with E-state index in [1.54, 1.807) is 25.5 Å². The first kappa shape index (κ1) is 21.1. The molecule has 2 aromatic carbocycles. The fourth-order valence-corrected chi connectivity index (χ4v) is 4.23. The van der Waals surface area contributed by atoms with Crippen molar-refractivity contribution in [3.63, 3.8) is 0 Å². The van der Waals surface area contributed by atoms with Gasteiger partial charge in [0.25, 0.3) is 5.91 Å². The topological polar surface area (TPSA) is 53.9 Å². The predicted molar refractivity (Wildman–Crippen MR) is 123 cm³/mol. The van der Waals surface area contributed by atoms with Crippen LogP contribution < -0.4 is 15.1 Å². The van der Waals surface area contributed by atoms with E-state index in [2.05, 4.69) is 77.3 Å². The molecule has 0 spiro atoms. The first-order chi connectivity index (χ1) is 13.8. The lowest BCUT2D eigenvalue weighted by molar-refractivity contribution is 0.0955. The van der Waals surface area contributed by atoms with E-state index in [4.69, 9.17) is 4.74 Å². The highest BCUT2D eigenvalue weighted by Crippen LogP contribution is 2.41. The molecule has 1 aliphatic rings. The number of anilines is 1. The second-order valence-corrected chi connectivity index (χ2v) is 8.46. The Balaban J connectivity index is 1.90. The number of rotatable bonds is 5. The molecule has 0 radical (unpaired) electrons. The van der Waals surface area contributed by atoms with Gasteiger partial charge in [0.1, 0.15) is 5.75 Å². The van der Waals surface area contributed by atoms with E-state index in [0.29, 0.717) is 11.3 Å². The van der Waals surface area contributed by atoms with Gasteiger partial charge in [0.05, 0.1) is 18.9 Å². The molecule has 6 heteroatoms. The summed E-state index contributed by atoms with van der Waals surface area (Å²) in [5.74, 6) is 0.447. The molecule has 0 unspecified atom stereocenters. The van der Waals surface area contributed by atoms with Crippen LogP contribution in [0, 0.1) is 0 Å². The molecule has 2 aromatic rings. The SMILES string of the molecule is CCN1c2cc(OC)c(/C=N\NC(=O)c3cccc(Br)c3)cc2C(C)=CC1(C)C. The third-order valence-electron chi connectivity index (χ3n) is 5.10. The summed E-state index contributed by atoms with van der Waals surface area (Å²) < 4.78 is 6.45. The van der Waals surface area contributed by atoms with E-state index in [-0.39, 0.29) is 11.4 Å². The van der Waals surface area contributed by atoms with Gasteiger partial charge in [0.2, 0.25) is 0 Å². The highest BCUT2D eigenvalue weighted by atomic mass is 79.9. The van der Waals surface area contributed by atoms with Gasteiger partial charge in [-0.1, -0.05) is 28.1 Å². The number of carbonyl (C=O) groups is 1. The Bertz CT molecular complexity index is 996. The summed E-state index contributed by atoms with van der Waals surface area (Å²) in [7, 11) is 1.64. The average Bonchev–Trinajstić information content (AvgIpc) is 2.67. The van der Waals surface area contributed by atoms with Crippen molar-refractivity contribution in [2.45, 2.75) is 33.2 Å². The maximum atomic E-state index is 12.3. The minimum Gasteiger partial charge on any atom is -0.496 e. The van der Waals surface area contributed by atoms with Gasteiger partial charge >= 0.3 is 0 Å². The van der Waals surface area contributed by atoms with Crippen LogP contribution >= 0.6 is 15.9 Å². The lowest BCUT2D eigenvalue weighted by Gasteiger charge is -2.43. The summed E-state index contributed by atoms with van der Waals surface area (Å²) in [6.07, 6.45) is 3.90. The van der Waals surface area contributed by atoms with Crippen molar-refractivity contribution in [3.05, 3.63) is 63.6 Å². The van der Waals surface area contributed by atoms with Crippen LogP contribution in [0.3, 0.4) is 0 Å². The van der Waals surface area contributed by atoms with E-state index in [9.17, 15) is 4.79 Å². The summed E-state index contributed by atoms with van der Waals surface area (Å²) >= 11 is 3.37. The van der Waals surface area contributed by atoms with Gasteiger partial charge in [0.15, 0.2) is 0 Å². The van der Waals surface area contributed by atoms with Crippen molar-refractivity contribution >= 4 is 39.3 Å². The number of nitrogens with one attached hydrogen (secondary N) is 1. The zero-order chi connectivity index (χ0) is 21.2. The molecule has 1 N–H and O–H groups in total. The number of allylic oxidation sites excluding steroid dienone is 1. The number of methoxy groups -OCH3 is 1. The number of nitrogens with zero attached hydrogens (tertiary/aromatic N) is 2. The Morgan fingerprint density at radius 2 is 2.07 bits per heavy atom. The molecule has 0 aliphatic carbocycles. The second kappa shape index (κ2) is 8.41. The van der Waals surface area contributed by atoms with Crippen LogP contribution in [-0.4, -0.2) is 31.3 Å². The van der Waals surface area contributed by atoms with Gasteiger partial charge in [-0.25, -0.2) is 5.43 Å². The standard InChI is InChI=1S/C23H26BrN3O2/c1-6-27-20-12-21(29-5)17(11-19(20)15(2)13-23(27,3)4)14-25-26-22(28)16-8-7-9-18(24)10-16/h7-14H,6H2,1-5H3,(H,26,28)/b25-14-. The van der Waals surface area contributed by atoms with E-state index in [1.807, 2.05) is 12.1 Å². The summed E-state index contributed by atoms with van der Waals surface area (Å²) in [6, 6.07) is 11.3. The minimum absolute atomic E-state index is 0.0651. The Hall–Kier alpha value is -2.60. The Morgan fingerprint density at radius 3 is 2.72 bits per heavy atom. The summed E-state index contributed by atoms with van der Waals surface area (Å²) in [5, 5.41) is 4.15. The van der Waals surface area contributed by atoms with Crippen LogP contribution in [0.1, 0.15) is 49.2 Å². The van der Waals surface area contributed by atoms with Crippen LogP contribution in [0.25, 0.3) is 5.57 Å². The molecule has 5 nitrogen and oxygen atoms in total. The van der Waals surface area contributed by atoms with Gasteiger partial charge < -0.3 is 9.64 Å². The van der Waals surface area contributed by atoms with Gasteiger partial charge in [-0.2, -0.15) is 5.10 Å². The lowest BCUT2D eigenvalue weighted by atomic mass is 9.88. The van der Waals surface area contributed by atoms with E-state index >= 15 is 0 Å². The van der Waals surface area contributed by atoms with Crippen molar-refractivity contribution < 1.29 is 9.53 Å². The maximum Gasteiger partial charge on any atom is 0.271 e. The average molecular weight is 456 g/mol. The molecular weight excluding hydrogens is 430 g/mol.